The molecule has 0 saturated carbocycles. The van der Waals surface area contributed by atoms with Crippen LogP contribution in [0.2, 0.25) is 0 Å². The zero-order valence-electron chi connectivity index (χ0n) is 14.0. The molecule has 1 aromatic carbocycles. The summed E-state index contributed by atoms with van der Waals surface area (Å²) in [5.41, 5.74) is 3.64. The molecule has 1 aromatic heterocycles. The number of hydrogen-bond acceptors (Lipinski definition) is 3. The van der Waals surface area contributed by atoms with Crippen LogP contribution in [-0.2, 0) is 30.7 Å². The van der Waals surface area contributed by atoms with Gasteiger partial charge in [0, 0.05) is 37.9 Å². The van der Waals surface area contributed by atoms with Crippen LogP contribution in [0.15, 0.2) is 30.7 Å². The van der Waals surface area contributed by atoms with Crippen LogP contribution < -0.4 is 0 Å². The molecule has 2 aliphatic rings. The third-order valence-electron chi connectivity index (χ3n) is 5.36. The molecule has 1 atom stereocenters. The summed E-state index contributed by atoms with van der Waals surface area (Å²) in [6.07, 6.45) is 6.99. The van der Waals surface area contributed by atoms with Gasteiger partial charge in [-0.15, -0.1) is 0 Å². The van der Waals surface area contributed by atoms with Gasteiger partial charge < -0.3 is 14.6 Å². The van der Waals surface area contributed by atoms with E-state index >= 15 is 0 Å². The van der Waals surface area contributed by atoms with Gasteiger partial charge in [0.15, 0.2) is 0 Å². The molecule has 130 valence electrons. The number of aromatic carboxylic acids is 1. The molecule has 0 saturated heterocycles. The average Bonchev–Trinajstić information content (AvgIpc) is 3.08. The van der Waals surface area contributed by atoms with Crippen LogP contribution in [0.25, 0.3) is 0 Å². The Bertz CT molecular complexity index is 827. The maximum absolute atomic E-state index is 12.7. The normalized spacial score (nSPS) is 19.2. The summed E-state index contributed by atoms with van der Waals surface area (Å²) >= 11 is 0. The Morgan fingerprint density at radius 3 is 2.96 bits per heavy atom. The van der Waals surface area contributed by atoms with Gasteiger partial charge in [0.2, 0.25) is 5.91 Å². The van der Waals surface area contributed by atoms with Crippen LogP contribution in [0, 0.1) is 5.92 Å². The number of carbonyl (C=O) groups is 2. The van der Waals surface area contributed by atoms with Crippen molar-refractivity contribution in [2.75, 3.05) is 6.54 Å². The molecule has 25 heavy (non-hydrogen) atoms. The molecule has 0 fully saturated rings. The number of rotatable bonds is 3. The average molecular weight is 339 g/mol. The summed E-state index contributed by atoms with van der Waals surface area (Å²) in [7, 11) is 0. The number of aromatic nitrogens is 2. The summed E-state index contributed by atoms with van der Waals surface area (Å²) in [6, 6.07) is 5.20. The lowest BCUT2D eigenvalue weighted by atomic mass is 9.91. The SMILES string of the molecule is O=C(O)c1ccc2c(c1)CCN(C(=O)CC1CCn3cncc3C1)C2. The molecule has 2 aromatic rings. The minimum Gasteiger partial charge on any atom is -0.478 e. The van der Waals surface area contributed by atoms with Gasteiger partial charge in [-0.3, -0.25) is 4.79 Å². The van der Waals surface area contributed by atoms with Gasteiger partial charge in [-0.25, -0.2) is 9.78 Å². The molecule has 6 heteroatoms. The number of carboxylic acids is 1. The third-order valence-corrected chi connectivity index (χ3v) is 5.36. The first kappa shape index (κ1) is 15.9. The second-order valence-corrected chi connectivity index (χ2v) is 7.00. The molecule has 2 aliphatic heterocycles. The van der Waals surface area contributed by atoms with E-state index in [4.69, 9.17) is 5.11 Å². The highest BCUT2D eigenvalue weighted by Crippen LogP contribution is 2.26. The maximum Gasteiger partial charge on any atom is 0.335 e. The summed E-state index contributed by atoms with van der Waals surface area (Å²) < 4.78 is 2.16. The fourth-order valence-electron chi connectivity index (χ4n) is 3.89. The fraction of sp³-hybridized carbons (Fsp3) is 0.421. The standard InChI is InChI=1S/C19H21N3O3/c23-18(8-13-3-5-22-12-20-10-17(22)7-13)21-6-4-14-9-15(19(24)25)1-2-16(14)11-21/h1-2,9-10,12-13H,3-8,11H2,(H,24,25). The number of carboxylic acid groups (broad SMARTS) is 1. The van der Waals surface area contributed by atoms with Gasteiger partial charge in [-0.1, -0.05) is 6.07 Å². The molecule has 1 unspecified atom stereocenters. The zero-order valence-corrected chi connectivity index (χ0v) is 14.0. The second-order valence-electron chi connectivity index (χ2n) is 7.00. The lowest BCUT2D eigenvalue weighted by molar-refractivity contribution is -0.133. The van der Waals surface area contributed by atoms with Crippen molar-refractivity contribution in [1.82, 2.24) is 14.5 Å². The molecule has 0 radical (unpaired) electrons. The Balaban J connectivity index is 1.40. The first-order chi connectivity index (χ1) is 12.1. The van der Waals surface area contributed by atoms with E-state index in [-0.39, 0.29) is 5.91 Å². The highest BCUT2D eigenvalue weighted by Gasteiger charge is 2.26. The van der Waals surface area contributed by atoms with Crippen molar-refractivity contribution in [3.8, 4) is 0 Å². The van der Waals surface area contributed by atoms with E-state index in [1.807, 2.05) is 23.5 Å². The number of benzene rings is 1. The molecule has 6 nitrogen and oxygen atoms in total. The first-order valence-electron chi connectivity index (χ1n) is 8.72. The number of carbonyl (C=O) groups excluding carboxylic acids is 1. The molecule has 0 aliphatic carbocycles. The zero-order chi connectivity index (χ0) is 17.4. The topological polar surface area (TPSA) is 75.4 Å². The minimum absolute atomic E-state index is 0.200. The summed E-state index contributed by atoms with van der Waals surface area (Å²) in [6.45, 7) is 2.19. The largest absolute Gasteiger partial charge is 0.478 e. The lowest BCUT2D eigenvalue weighted by Gasteiger charge is -2.31. The van der Waals surface area contributed by atoms with E-state index < -0.39 is 5.97 Å². The van der Waals surface area contributed by atoms with E-state index in [0.29, 0.717) is 31.0 Å². The number of imidazole rings is 1. The predicted molar refractivity (Wildman–Crippen MR) is 91.2 cm³/mol. The van der Waals surface area contributed by atoms with Crippen molar-refractivity contribution in [2.24, 2.45) is 5.92 Å². The molecule has 0 bridgehead atoms. The van der Waals surface area contributed by atoms with Gasteiger partial charge in [0.1, 0.15) is 0 Å². The van der Waals surface area contributed by atoms with E-state index in [9.17, 15) is 9.59 Å². The highest BCUT2D eigenvalue weighted by molar-refractivity contribution is 5.88. The van der Waals surface area contributed by atoms with Crippen molar-refractivity contribution in [3.05, 3.63) is 53.1 Å². The summed E-state index contributed by atoms with van der Waals surface area (Å²) in [5, 5.41) is 9.09. The monoisotopic (exact) mass is 339 g/mol. The number of hydrogen-bond donors (Lipinski definition) is 1. The third kappa shape index (κ3) is 3.16. The second kappa shape index (κ2) is 6.35. The van der Waals surface area contributed by atoms with Crippen molar-refractivity contribution in [3.63, 3.8) is 0 Å². The number of amides is 1. The minimum atomic E-state index is -0.905. The van der Waals surface area contributed by atoms with Crippen molar-refractivity contribution in [1.29, 1.82) is 0 Å². The Morgan fingerprint density at radius 1 is 1.24 bits per heavy atom. The Hall–Kier alpha value is -2.63. The van der Waals surface area contributed by atoms with Crippen LogP contribution in [0.1, 0.15) is 40.0 Å². The van der Waals surface area contributed by atoms with Crippen molar-refractivity contribution >= 4 is 11.9 Å². The van der Waals surface area contributed by atoms with Gasteiger partial charge in [-0.2, -0.15) is 0 Å². The van der Waals surface area contributed by atoms with Crippen LogP contribution in [-0.4, -0.2) is 38.0 Å². The van der Waals surface area contributed by atoms with Gasteiger partial charge in [0.05, 0.1) is 11.9 Å². The molecule has 4 rings (SSSR count). The van der Waals surface area contributed by atoms with Crippen LogP contribution in [0.3, 0.4) is 0 Å². The van der Waals surface area contributed by atoms with E-state index in [0.717, 1.165) is 36.9 Å². The van der Waals surface area contributed by atoms with Gasteiger partial charge >= 0.3 is 5.97 Å². The summed E-state index contributed by atoms with van der Waals surface area (Å²) in [4.78, 5) is 29.9. The first-order valence-corrected chi connectivity index (χ1v) is 8.72. The lowest BCUT2D eigenvalue weighted by Crippen LogP contribution is -2.37. The molecule has 0 spiro atoms. The van der Waals surface area contributed by atoms with Gasteiger partial charge in [-0.05, 0) is 48.4 Å². The Labute approximate surface area is 146 Å². The molecular weight excluding hydrogens is 318 g/mol. The van der Waals surface area contributed by atoms with E-state index in [1.54, 1.807) is 12.1 Å². The Morgan fingerprint density at radius 2 is 2.12 bits per heavy atom. The molecule has 1 N–H and O–H groups in total. The molecular formula is C19H21N3O3. The van der Waals surface area contributed by atoms with Gasteiger partial charge in [0.25, 0.3) is 0 Å². The van der Waals surface area contributed by atoms with Crippen molar-refractivity contribution in [2.45, 2.75) is 38.8 Å². The van der Waals surface area contributed by atoms with Crippen LogP contribution in [0.4, 0.5) is 0 Å². The summed E-state index contributed by atoms with van der Waals surface area (Å²) in [5.74, 6) is -0.323. The van der Waals surface area contributed by atoms with Crippen molar-refractivity contribution < 1.29 is 14.7 Å². The quantitative estimate of drug-likeness (QED) is 0.929. The maximum atomic E-state index is 12.7. The Kier molecular flexibility index (Phi) is 4.03. The predicted octanol–water partition coefficient (Wildman–Crippen LogP) is 2.12. The van der Waals surface area contributed by atoms with E-state index in [2.05, 4.69) is 9.55 Å². The van der Waals surface area contributed by atoms with Crippen LogP contribution in [0.5, 0.6) is 0 Å². The smallest absolute Gasteiger partial charge is 0.335 e. The fourth-order valence-corrected chi connectivity index (χ4v) is 3.89. The number of nitrogens with zero attached hydrogens (tertiary/aromatic N) is 3. The highest BCUT2D eigenvalue weighted by atomic mass is 16.4. The number of fused-ring (bicyclic) bond motifs is 2. The number of aryl methyl sites for hydroxylation is 1. The molecule has 1 amide bonds. The van der Waals surface area contributed by atoms with Crippen LogP contribution >= 0.6 is 0 Å². The molecule has 3 heterocycles. The van der Waals surface area contributed by atoms with E-state index in [1.165, 1.54) is 5.69 Å².